The Morgan fingerprint density at radius 2 is 0.824 bits per heavy atom. The van der Waals surface area contributed by atoms with E-state index in [4.69, 9.17) is 155 Å². The number of nitrogens with one attached hydrogen (secondary N) is 3. The first kappa shape index (κ1) is 97.6. The Bertz CT molecular complexity index is 6950. The zero-order valence-electron chi connectivity index (χ0n) is 67.4. The number of nitrogens with zero attached hydrogens (tertiary/aromatic N) is 19. The van der Waals surface area contributed by atoms with E-state index in [1.54, 1.807) is 6.07 Å². The first-order valence-corrected chi connectivity index (χ1v) is 56.6. The van der Waals surface area contributed by atoms with Gasteiger partial charge in [0.1, 0.15) is 89.1 Å². The highest BCUT2D eigenvalue weighted by atomic mass is 32.9. The maximum absolute atomic E-state index is 16.1. The molecule has 0 radical (unpaired) electrons. The number of rotatable bonds is 6. The number of anilines is 6. The minimum atomic E-state index is -5.37. The zero-order valence-corrected chi connectivity index (χ0v) is 79.4. The van der Waals surface area contributed by atoms with Gasteiger partial charge in [-0.25, -0.2) is 71.0 Å². The van der Waals surface area contributed by atoms with Crippen molar-refractivity contribution < 1.29 is 133 Å². The van der Waals surface area contributed by atoms with Gasteiger partial charge in [-0.05, 0) is 65.4 Å². The molecule has 29 atom stereocenters. The molecule has 0 aromatic carbocycles. The van der Waals surface area contributed by atoms with Crippen molar-refractivity contribution in [2.75, 3.05) is 74.0 Å². The molecule has 6 unspecified atom stereocenters. The summed E-state index contributed by atoms with van der Waals surface area (Å²) < 4.78 is 234. The molecule has 0 spiro atoms. The molecule has 21 heterocycles. The molecule has 6 bridgehead atoms. The minimum absolute atomic E-state index is 0.0121. The van der Waals surface area contributed by atoms with Crippen LogP contribution in [0.25, 0.3) is 67.0 Å². The molecule has 53 nitrogen and oxygen atoms in total. The second kappa shape index (κ2) is 37.0. The number of hydrogen-bond acceptors (Lipinski definition) is 46. The van der Waals surface area contributed by atoms with Crippen LogP contribution in [-0.4, -0.2) is 275 Å². The number of halogens is 7. The molecule has 0 amide bonds. The van der Waals surface area contributed by atoms with Gasteiger partial charge in [-0.2, -0.15) is 28.4 Å². The van der Waals surface area contributed by atoms with Gasteiger partial charge in [-0.3, -0.25) is 83.8 Å². The van der Waals surface area contributed by atoms with Gasteiger partial charge in [0, 0.05) is 18.6 Å². The maximum atomic E-state index is 16.1. The van der Waals surface area contributed by atoms with Gasteiger partial charge in [0.25, 0.3) is 16.7 Å². The van der Waals surface area contributed by atoms with E-state index in [0.717, 1.165) is 29.9 Å². The zero-order chi connectivity index (χ0) is 96.4. The first-order valence-electron chi connectivity index (χ1n) is 39.0. The first-order chi connectivity index (χ1) is 64.3. The molecule has 12 aromatic rings. The topological polar surface area (TPSA) is 715 Å². The Morgan fingerprint density at radius 1 is 0.426 bits per heavy atom. The van der Waals surface area contributed by atoms with Crippen molar-refractivity contribution in [1.82, 2.24) is 108 Å². The number of nitrogens with two attached hydrogens (primary N) is 6. The summed E-state index contributed by atoms with van der Waals surface area (Å²) in [6, 6.07) is 4.44. The molecule has 19 N–H and O–H groups in total. The van der Waals surface area contributed by atoms with Crippen LogP contribution in [0.4, 0.5) is 65.6 Å². The lowest BCUT2D eigenvalue weighted by atomic mass is 10.1. The normalized spacial score (nSPS) is 37.3. The molecule has 9 saturated heterocycles. The number of imidazole rings is 5. The summed E-state index contributed by atoms with van der Waals surface area (Å²) in [4.78, 5) is 132. The van der Waals surface area contributed by atoms with E-state index in [-0.39, 0.29) is 79.5 Å². The van der Waals surface area contributed by atoms with Gasteiger partial charge in [0.2, 0.25) is 29.8 Å². The Kier molecular flexibility index (Phi) is 26.5. The van der Waals surface area contributed by atoms with Crippen molar-refractivity contribution in [3.63, 3.8) is 0 Å². The van der Waals surface area contributed by atoms with Crippen molar-refractivity contribution in [1.29, 1.82) is 0 Å². The highest BCUT2D eigenvalue weighted by Crippen LogP contribution is 2.64. The third kappa shape index (κ3) is 18.8. The molecule has 136 heavy (non-hydrogen) atoms. The van der Waals surface area contributed by atoms with Gasteiger partial charge in [-0.15, -0.1) is 28.6 Å². The lowest BCUT2D eigenvalue weighted by Crippen LogP contribution is -2.41. The smallest absolute Gasteiger partial charge is 0.397 e. The fraction of sp³-hybridized carbons (Fsp3) is 0.484. The van der Waals surface area contributed by atoms with Crippen molar-refractivity contribution in [2.45, 2.75) is 144 Å². The molecule has 0 aliphatic carbocycles. The second-order valence-corrected chi connectivity index (χ2v) is 51.2. The number of nitrogen functional groups attached to an aromatic ring is 6. The average molecular weight is 2180 g/mol. The van der Waals surface area contributed by atoms with E-state index in [9.17, 15) is 43.1 Å². The Morgan fingerprint density at radius 3 is 1.31 bits per heavy atom. The molecule has 74 heteroatoms. The lowest BCUT2D eigenvalue weighted by Gasteiger charge is -2.28. The Hall–Kier alpha value is -7.19. The molecular formula is C62H67F7N28O25P6S8. The number of aromatic nitrogens is 22. The number of phosphoric ester groups is 1. The number of ether oxygens (including phenoxy) is 4. The molecular weight excluding hydrogens is 2110 g/mol. The van der Waals surface area contributed by atoms with Crippen LogP contribution in [0.5, 0.6) is 0 Å². The number of aromatic amines is 3. The predicted molar refractivity (Wildman–Crippen MR) is 481 cm³/mol. The maximum Gasteiger partial charge on any atom is 0.472 e. The van der Waals surface area contributed by atoms with Gasteiger partial charge in [0.05, 0.1) is 98.8 Å². The number of pyridine rings is 3. The highest BCUT2D eigenvalue weighted by Gasteiger charge is 2.65. The molecule has 9 fully saturated rings. The van der Waals surface area contributed by atoms with Crippen LogP contribution in [0.2, 0.25) is 0 Å². The van der Waals surface area contributed by atoms with E-state index in [2.05, 4.69) is 105 Å². The molecule has 9 aliphatic rings. The minimum Gasteiger partial charge on any atom is -0.397 e. The third-order valence-electron chi connectivity index (χ3n) is 21.9. The molecule has 21 rings (SSSR count). The molecule has 12 aromatic heterocycles. The standard InChI is InChI=1S/2C21H23F2N9O8P2S3.C20H21F3N10O9P2S2/c22-10-9-4-37-42(35,44)39-14-8(38-19(11(14)23)31-5-27-12-7(24)1-2-26-16(12)31)3-36-41(34,43)40-15(10)20(45-9)32-6-28-13-17(32)29-21(25)30-18(13)33;22-10-8-3-36-42(44,45)40-14-9(38-19(11(14)23)31-5-27-12-7(24)1-2-26-16(12)31)4-35-41(34,43)39-15(10)20(37-8)32-6-28-13-17(32)29-21(25)30-18(13)33;21-9-8-4-38-43(35,36)42-13-7(40-18(20(13,22)23)33-14-10(30-31-33)6(24)1-2-26-14)3-39-44(37,45)41-12(9)17(46-8)32-5-27-11-15(32)28-19(25)29-16(11)34/h1-2,5-6,8-11,14-15,19-20H,3-4H2,(H2,24,26)(H,34,43)(H,35,44)(H3,25,29,30,33);1-2,5-6,8-11,14-15,19-20H,3-4H2,(H2,24,26)(H,34,43)(H,44,45)(H3,25,29,30,33);1-2,5,7-9,12-13,17-18H,3-4H2,(H2,24,26)(H,35,36)(H,37,45)(H3,25,28,29,34)/t8-,9-,10+,11+,14-,15-,19-,20-,41?,42?;8-,9-,10-,11+,14-,15-,19-,20-,41?;7-,8-,9+,12-,13-,17-,18-,44?/m111/s1. The fourth-order valence-corrected chi connectivity index (χ4v) is 27.8. The van der Waals surface area contributed by atoms with E-state index < -0.39 is 241 Å². The summed E-state index contributed by atoms with van der Waals surface area (Å²) in [5, 5.41) is 2.81. The number of fused-ring (bicyclic) bond motifs is 15. The Labute approximate surface area is 790 Å². The van der Waals surface area contributed by atoms with Crippen LogP contribution in [0, 0.1) is 0 Å². The monoisotopic (exact) mass is 2180 g/mol. The van der Waals surface area contributed by atoms with Crippen LogP contribution in [0.15, 0.2) is 82.8 Å². The van der Waals surface area contributed by atoms with Crippen molar-refractivity contribution in [3.8, 4) is 0 Å². The van der Waals surface area contributed by atoms with Gasteiger partial charge in [0.15, 0.2) is 99.3 Å². The number of H-pyrrole nitrogens is 3. The largest absolute Gasteiger partial charge is 0.472 e. The molecule has 9 aliphatic heterocycles. The van der Waals surface area contributed by atoms with E-state index >= 15 is 30.7 Å². The van der Waals surface area contributed by atoms with E-state index in [1.165, 1.54) is 78.9 Å². The summed E-state index contributed by atoms with van der Waals surface area (Å²) >= 11 is 31.0. The van der Waals surface area contributed by atoms with Crippen molar-refractivity contribution in [2.24, 2.45) is 0 Å². The fourth-order valence-electron chi connectivity index (χ4n) is 15.8. The number of phosphoric acid groups is 1. The van der Waals surface area contributed by atoms with Gasteiger partial charge in [-0.1, -0.05) is 29.7 Å². The summed E-state index contributed by atoms with van der Waals surface area (Å²) in [5.74, 6) is -4.84. The van der Waals surface area contributed by atoms with Crippen LogP contribution in [0.1, 0.15) is 35.7 Å². The highest BCUT2D eigenvalue weighted by molar-refractivity contribution is 8.60. The third-order valence-corrected chi connectivity index (χ3v) is 34.4. The summed E-state index contributed by atoms with van der Waals surface area (Å²) in [7, 11) is -5.37. The van der Waals surface area contributed by atoms with Crippen molar-refractivity contribution in [3.05, 3.63) is 99.5 Å². The van der Waals surface area contributed by atoms with Crippen LogP contribution < -0.4 is 51.1 Å². The van der Waals surface area contributed by atoms with Crippen LogP contribution in [-0.2, 0) is 130 Å². The second-order valence-electron chi connectivity index (χ2n) is 30.6. The molecule has 0 saturated carbocycles. The summed E-state index contributed by atoms with van der Waals surface area (Å²) in [6.45, 7) is -21.6. The van der Waals surface area contributed by atoms with Gasteiger partial charge >= 0.3 is 40.7 Å². The average Bonchev–Trinajstić information content (AvgIpc) is 1.60. The van der Waals surface area contributed by atoms with E-state index in [0.29, 0.717) is 27.1 Å². The number of thiol groups is 2. The summed E-state index contributed by atoms with van der Waals surface area (Å²) in [5.41, 5.74) is 30.4. The number of hydrogen-bond donors (Lipinski definition) is 15. The Balaban J connectivity index is 0.000000131. The van der Waals surface area contributed by atoms with Crippen molar-refractivity contribution >= 4 is 238 Å². The van der Waals surface area contributed by atoms with Crippen LogP contribution >= 0.6 is 88.5 Å². The summed E-state index contributed by atoms with van der Waals surface area (Å²) in [6.07, 6.45) is -22.3. The van der Waals surface area contributed by atoms with Gasteiger partial charge < -0.3 is 95.5 Å². The SMILES string of the molecule is Nc1nc2c(ncn2[C@@H]2O[C@@H]3COP(=S)(S)O[C@H]4[C@H](F)[C@H](n5cnc6c(N)ccnc65)O[C@@H]4COP(O)(=S)O[C@@H]2[C@@H]3F)c(=O)[nH]1.Nc1nc2c(ncn2[C@@H]2S[C@@H]3COP(=O)(O)O[C@@H]4[C@@H](COP(O)(=S)O[C@@H]2[C@H]3F)O[C@@H](n2nnc3c(N)ccnc32)C4(F)F)c(=O)[nH]1.Nc1nc2c(ncn2[C@@H]2S[C@@H]3COP(=O)(S)O[C@H]4[C@H](F)[C@H](n5cnc6c(N)ccnc65)O[C@@H]4COP(O)(=S)O[C@@H]2[C@H]3F)c(=O)[nH]1. The predicted octanol–water partition coefficient (Wildman–Crippen LogP) is 4.12. The van der Waals surface area contributed by atoms with Crippen LogP contribution in [0.3, 0.4) is 0 Å². The number of thioether (sulfide) groups is 2. The lowest BCUT2D eigenvalue weighted by molar-refractivity contribution is -0.141. The number of alkyl halides is 7. The molecule has 732 valence electrons. The quantitative estimate of drug-likeness (QED) is 0.0632. The van der Waals surface area contributed by atoms with E-state index in [1.807, 2.05) is 0 Å².